The Kier molecular flexibility index (Phi) is 10.3. The highest BCUT2D eigenvalue weighted by Gasteiger charge is 2.28. The van der Waals surface area contributed by atoms with Crippen molar-refractivity contribution in [2.45, 2.75) is 44.9 Å². The molecule has 4 aromatic rings. The normalized spacial score (nSPS) is 14.6. The minimum atomic E-state index is -0.346. The molecule has 1 aliphatic heterocycles. The fourth-order valence-corrected chi connectivity index (χ4v) is 6.30. The predicted molar refractivity (Wildman–Crippen MR) is 173 cm³/mol. The molecule has 3 aromatic carbocycles. The Morgan fingerprint density at radius 3 is 2.21 bits per heavy atom. The first kappa shape index (κ1) is 30.5. The zero-order chi connectivity index (χ0) is 30.2. The van der Waals surface area contributed by atoms with Crippen LogP contribution in [-0.2, 0) is 6.42 Å². The van der Waals surface area contributed by atoms with E-state index in [0.717, 1.165) is 92.7 Å². The number of piperazine rings is 1. The minimum Gasteiger partial charge on any atom is -0.497 e. The summed E-state index contributed by atoms with van der Waals surface area (Å²) in [7, 11) is 5.00. The van der Waals surface area contributed by atoms with Crippen LogP contribution in [0.3, 0.4) is 0 Å². The SMILES string of the molecule is CCCCCc1cc(=O)oc2c([C@H](CCN3CCN(c4ccccc4)CC3)c3ccc(OC)cc3)c(OC)cc(OC)c12. The molecule has 228 valence electrons. The smallest absolute Gasteiger partial charge is 0.336 e. The number of para-hydroxylation sites is 1. The van der Waals surface area contributed by atoms with Gasteiger partial charge in [-0.2, -0.15) is 0 Å². The van der Waals surface area contributed by atoms with E-state index in [1.807, 2.05) is 18.2 Å². The molecule has 0 amide bonds. The number of unbranched alkanes of at least 4 members (excludes halogenated alkanes) is 2. The van der Waals surface area contributed by atoms with E-state index in [1.54, 1.807) is 27.4 Å². The standard InChI is InChI=1S/C36H44N2O5/c1-5-6-8-11-27-24-33(39)43-36-34(27)31(41-3)25-32(42-4)35(36)30(26-14-16-29(40-2)17-15-26)18-19-37-20-22-38(23-21-37)28-12-9-7-10-13-28/h7,9-10,12-17,24-25,30H,5-6,8,11,18-23H2,1-4H3/t30-/m1/s1. The van der Waals surface area contributed by atoms with Crippen molar-refractivity contribution in [1.82, 2.24) is 4.90 Å². The molecule has 43 heavy (non-hydrogen) atoms. The summed E-state index contributed by atoms with van der Waals surface area (Å²) in [5.74, 6) is 2.05. The van der Waals surface area contributed by atoms with Crippen LogP contribution in [0.25, 0.3) is 11.0 Å². The fourth-order valence-electron chi connectivity index (χ4n) is 6.30. The van der Waals surface area contributed by atoms with Crippen LogP contribution in [-0.4, -0.2) is 59.0 Å². The van der Waals surface area contributed by atoms with Gasteiger partial charge in [-0.15, -0.1) is 0 Å². The van der Waals surface area contributed by atoms with Crippen LogP contribution in [0.4, 0.5) is 5.69 Å². The zero-order valence-electron chi connectivity index (χ0n) is 25.9. The van der Waals surface area contributed by atoms with Gasteiger partial charge in [-0.1, -0.05) is 50.1 Å². The van der Waals surface area contributed by atoms with E-state index in [4.69, 9.17) is 18.6 Å². The lowest BCUT2D eigenvalue weighted by molar-refractivity contribution is 0.250. The molecule has 1 aliphatic rings. The van der Waals surface area contributed by atoms with Crippen LogP contribution in [0.5, 0.6) is 17.2 Å². The molecule has 0 radical (unpaired) electrons. The van der Waals surface area contributed by atoms with Crippen LogP contribution >= 0.6 is 0 Å². The molecule has 2 heterocycles. The summed E-state index contributed by atoms with van der Waals surface area (Å²) >= 11 is 0. The second kappa shape index (κ2) is 14.5. The number of aryl methyl sites for hydroxylation is 1. The summed E-state index contributed by atoms with van der Waals surface area (Å²) in [6, 6.07) is 22.4. The van der Waals surface area contributed by atoms with Gasteiger partial charge in [-0.3, -0.25) is 4.90 Å². The van der Waals surface area contributed by atoms with Crippen LogP contribution in [0.15, 0.2) is 75.9 Å². The van der Waals surface area contributed by atoms with Crippen molar-refractivity contribution < 1.29 is 18.6 Å². The van der Waals surface area contributed by atoms with E-state index in [0.29, 0.717) is 17.1 Å². The Labute approximate surface area is 255 Å². The fraction of sp³-hybridized carbons (Fsp3) is 0.417. The van der Waals surface area contributed by atoms with Gasteiger partial charge in [0.15, 0.2) is 0 Å². The number of anilines is 1. The van der Waals surface area contributed by atoms with E-state index >= 15 is 0 Å². The Morgan fingerprint density at radius 1 is 0.837 bits per heavy atom. The molecular formula is C36H44N2O5. The molecule has 1 atom stereocenters. The third kappa shape index (κ3) is 6.99. The molecule has 0 saturated carbocycles. The van der Waals surface area contributed by atoms with Crippen molar-refractivity contribution in [1.29, 1.82) is 0 Å². The summed E-state index contributed by atoms with van der Waals surface area (Å²) < 4.78 is 23.4. The van der Waals surface area contributed by atoms with Gasteiger partial charge in [0.2, 0.25) is 0 Å². The van der Waals surface area contributed by atoms with Gasteiger partial charge < -0.3 is 23.5 Å². The topological polar surface area (TPSA) is 64.4 Å². The van der Waals surface area contributed by atoms with E-state index in [-0.39, 0.29) is 11.5 Å². The number of benzene rings is 3. The summed E-state index contributed by atoms with van der Waals surface area (Å²) in [5.41, 5.74) is 4.46. The van der Waals surface area contributed by atoms with Crippen LogP contribution in [0.1, 0.15) is 55.2 Å². The molecule has 0 spiro atoms. The second-order valence-electron chi connectivity index (χ2n) is 11.2. The van der Waals surface area contributed by atoms with Gasteiger partial charge in [-0.05, 0) is 61.2 Å². The first-order valence-corrected chi connectivity index (χ1v) is 15.4. The molecule has 7 nitrogen and oxygen atoms in total. The molecule has 1 saturated heterocycles. The zero-order valence-corrected chi connectivity index (χ0v) is 25.9. The maximum atomic E-state index is 13.0. The van der Waals surface area contributed by atoms with Gasteiger partial charge in [-0.25, -0.2) is 4.79 Å². The summed E-state index contributed by atoms with van der Waals surface area (Å²) in [4.78, 5) is 18.0. The van der Waals surface area contributed by atoms with Crippen LogP contribution in [0, 0.1) is 0 Å². The third-order valence-electron chi connectivity index (χ3n) is 8.65. The number of methoxy groups -OCH3 is 3. The predicted octanol–water partition coefficient (Wildman–Crippen LogP) is 6.90. The average molecular weight is 585 g/mol. The number of rotatable bonds is 13. The molecule has 0 bridgehead atoms. The van der Waals surface area contributed by atoms with E-state index in [9.17, 15) is 4.79 Å². The summed E-state index contributed by atoms with van der Waals surface area (Å²) in [6.45, 7) is 7.03. The van der Waals surface area contributed by atoms with Gasteiger partial charge in [0, 0.05) is 55.5 Å². The Balaban J connectivity index is 1.52. The monoisotopic (exact) mass is 584 g/mol. The first-order valence-electron chi connectivity index (χ1n) is 15.4. The van der Waals surface area contributed by atoms with E-state index < -0.39 is 0 Å². The lowest BCUT2D eigenvalue weighted by Crippen LogP contribution is -2.46. The molecule has 0 aliphatic carbocycles. The average Bonchev–Trinajstić information content (AvgIpc) is 3.05. The van der Waals surface area contributed by atoms with E-state index in [1.165, 1.54) is 5.69 Å². The highest BCUT2D eigenvalue weighted by atomic mass is 16.5. The highest BCUT2D eigenvalue weighted by Crippen LogP contribution is 2.44. The van der Waals surface area contributed by atoms with Crippen molar-refractivity contribution in [3.63, 3.8) is 0 Å². The largest absolute Gasteiger partial charge is 0.497 e. The number of hydrogen-bond donors (Lipinski definition) is 0. The van der Waals surface area contributed by atoms with Crippen molar-refractivity contribution in [3.8, 4) is 17.2 Å². The lowest BCUT2D eigenvalue weighted by Gasteiger charge is -2.36. The number of fused-ring (bicyclic) bond motifs is 1. The number of ether oxygens (including phenoxy) is 3. The van der Waals surface area contributed by atoms with E-state index in [2.05, 4.69) is 59.2 Å². The summed E-state index contributed by atoms with van der Waals surface area (Å²) in [5, 5.41) is 0.865. The van der Waals surface area contributed by atoms with Gasteiger partial charge in [0.25, 0.3) is 0 Å². The van der Waals surface area contributed by atoms with Gasteiger partial charge in [0.05, 0.1) is 26.7 Å². The number of hydrogen-bond acceptors (Lipinski definition) is 7. The maximum Gasteiger partial charge on any atom is 0.336 e. The summed E-state index contributed by atoms with van der Waals surface area (Å²) in [6.07, 6.45) is 4.82. The van der Waals surface area contributed by atoms with Crippen molar-refractivity contribution in [3.05, 3.63) is 93.8 Å². The Morgan fingerprint density at radius 2 is 1.56 bits per heavy atom. The first-order chi connectivity index (χ1) is 21.1. The quantitative estimate of drug-likeness (QED) is 0.125. The Hall–Kier alpha value is -3.97. The van der Waals surface area contributed by atoms with Crippen LogP contribution in [0.2, 0.25) is 0 Å². The number of nitrogens with zero attached hydrogens (tertiary/aromatic N) is 2. The molecule has 5 rings (SSSR count). The molecule has 1 fully saturated rings. The minimum absolute atomic E-state index is 0.0737. The lowest BCUT2D eigenvalue weighted by atomic mass is 9.85. The maximum absolute atomic E-state index is 13.0. The Bertz CT molecular complexity index is 1530. The molecular weight excluding hydrogens is 540 g/mol. The van der Waals surface area contributed by atoms with Crippen molar-refractivity contribution in [2.24, 2.45) is 0 Å². The van der Waals surface area contributed by atoms with Gasteiger partial charge in [0.1, 0.15) is 22.8 Å². The van der Waals surface area contributed by atoms with Crippen LogP contribution < -0.4 is 24.7 Å². The third-order valence-corrected chi connectivity index (χ3v) is 8.65. The molecule has 0 unspecified atom stereocenters. The molecule has 0 N–H and O–H groups in total. The molecule has 1 aromatic heterocycles. The van der Waals surface area contributed by atoms with Gasteiger partial charge >= 0.3 is 5.63 Å². The van der Waals surface area contributed by atoms with Crippen molar-refractivity contribution >= 4 is 16.7 Å². The highest BCUT2D eigenvalue weighted by molar-refractivity contribution is 5.92. The van der Waals surface area contributed by atoms with Crippen molar-refractivity contribution in [2.75, 3.05) is 59.0 Å². The second-order valence-corrected chi connectivity index (χ2v) is 11.2. The molecule has 7 heteroatoms.